The maximum atomic E-state index is 12.9. The van der Waals surface area contributed by atoms with Gasteiger partial charge in [-0.05, 0) is 42.1 Å². The predicted molar refractivity (Wildman–Crippen MR) is 106 cm³/mol. The summed E-state index contributed by atoms with van der Waals surface area (Å²) >= 11 is 0. The molecular formula is C21H17F3N2O3S. The first-order chi connectivity index (χ1) is 14.1. The number of hydrogen-bond donors (Lipinski definition) is 1. The summed E-state index contributed by atoms with van der Waals surface area (Å²) < 4.78 is 65.7. The van der Waals surface area contributed by atoms with E-state index in [1.54, 1.807) is 37.3 Å². The van der Waals surface area contributed by atoms with Crippen molar-refractivity contribution < 1.29 is 26.4 Å². The van der Waals surface area contributed by atoms with Crippen LogP contribution in [0.5, 0.6) is 0 Å². The van der Waals surface area contributed by atoms with Crippen molar-refractivity contribution in [2.24, 2.45) is 0 Å². The van der Waals surface area contributed by atoms with Crippen LogP contribution in [0, 0.1) is 0 Å². The Morgan fingerprint density at radius 3 is 2.43 bits per heavy atom. The van der Waals surface area contributed by atoms with E-state index in [-0.39, 0.29) is 10.5 Å². The van der Waals surface area contributed by atoms with Crippen molar-refractivity contribution in [3.05, 3.63) is 71.8 Å². The van der Waals surface area contributed by atoms with Crippen LogP contribution in [0.2, 0.25) is 0 Å². The molecule has 1 aliphatic heterocycles. The number of benzene rings is 3. The van der Waals surface area contributed by atoms with Crippen molar-refractivity contribution in [3.8, 4) is 0 Å². The second-order valence-corrected chi connectivity index (χ2v) is 8.89. The molecular weight excluding hydrogens is 417 g/mol. The van der Waals surface area contributed by atoms with E-state index in [2.05, 4.69) is 5.32 Å². The predicted octanol–water partition coefficient (Wildman–Crippen LogP) is 4.24. The second-order valence-electron chi connectivity index (χ2n) is 7.06. The van der Waals surface area contributed by atoms with Crippen LogP contribution in [0.4, 0.5) is 18.9 Å². The van der Waals surface area contributed by atoms with Gasteiger partial charge >= 0.3 is 6.18 Å². The maximum Gasteiger partial charge on any atom is 0.416 e. The van der Waals surface area contributed by atoms with Gasteiger partial charge in [-0.15, -0.1) is 0 Å². The highest BCUT2D eigenvalue weighted by molar-refractivity contribution is 7.93. The van der Waals surface area contributed by atoms with Crippen molar-refractivity contribution in [1.29, 1.82) is 0 Å². The van der Waals surface area contributed by atoms with E-state index in [9.17, 15) is 26.4 Å². The fourth-order valence-electron chi connectivity index (χ4n) is 3.61. The summed E-state index contributed by atoms with van der Waals surface area (Å²) in [6.07, 6.45) is -4.49. The largest absolute Gasteiger partial charge is 0.416 e. The first kappa shape index (κ1) is 20.2. The number of nitrogens with zero attached hydrogens (tertiary/aromatic N) is 1. The lowest BCUT2D eigenvalue weighted by atomic mass is 10.0. The van der Waals surface area contributed by atoms with Gasteiger partial charge in [0.25, 0.3) is 10.0 Å². The molecule has 3 aromatic rings. The average molecular weight is 434 g/mol. The molecule has 1 aliphatic rings. The van der Waals surface area contributed by atoms with E-state index in [0.717, 1.165) is 21.8 Å². The van der Waals surface area contributed by atoms with Gasteiger partial charge in [0, 0.05) is 5.39 Å². The third-order valence-corrected chi connectivity index (χ3v) is 6.86. The minimum atomic E-state index is -4.49. The van der Waals surface area contributed by atoms with Gasteiger partial charge in [0.1, 0.15) is 6.54 Å². The third-order valence-electron chi connectivity index (χ3n) is 5.06. The lowest BCUT2D eigenvalue weighted by Gasteiger charge is -2.21. The zero-order valence-electron chi connectivity index (χ0n) is 15.8. The number of anilines is 1. The molecule has 0 saturated heterocycles. The highest BCUT2D eigenvalue weighted by Crippen LogP contribution is 2.41. The Morgan fingerprint density at radius 1 is 1.07 bits per heavy atom. The number of hydrogen-bond acceptors (Lipinski definition) is 3. The number of alkyl halides is 3. The zero-order valence-corrected chi connectivity index (χ0v) is 16.6. The van der Waals surface area contributed by atoms with Crippen LogP contribution in [0.3, 0.4) is 0 Å². The molecule has 0 saturated carbocycles. The van der Waals surface area contributed by atoms with Gasteiger partial charge in [0.2, 0.25) is 5.91 Å². The third kappa shape index (κ3) is 3.39. The summed E-state index contributed by atoms with van der Waals surface area (Å²) in [4.78, 5) is 12.7. The number of nitrogens with one attached hydrogen (secondary N) is 1. The second kappa shape index (κ2) is 7.02. The van der Waals surface area contributed by atoms with Gasteiger partial charge in [-0.2, -0.15) is 13.2 Å². The van der Waals surface area contributed by atoms with E-state index in [1.807, 2.05) is 0 Å². The van der Waals surface area contributed by atoms with Crippen molar-refractivity contribution in [2.45, 2.75) is 24.0 Å². The summed E-state index contributed by atoms with van der Waals surface area (Å²) in [5.41, 5.74) is -0.136. The zero-order chi connectivity index (χ0) is 21.7. The number of halogens is 3. The van der Waals surface area contributed by atoms with E-state index in [4.69, 9.17) is 0 Å². The molecule has 0 aromatic heterocycles. The molecule has 0 aliphatic carbocycles. The molecule has 0 radical (unpaired) electrons. The number of rotatable bonds is 4. The van der Waals surface area contributed by atoms with Crippen LogP contribution in [-0.4, -0.2) is 20.9 Å². The normalized spacial score (nSPS) is 15.9. The molecule has 9 heteroatoms. The van der Waals surface area contributed by atoms with Crippen molar-refractivity contribution >= 4 is 32.4 Å². The van der Waals surface area contributed by atoms with Gasteiger partial charge in [0.05, 0.1) is 22.2 Å². The average Bonchev–Trinajstić information content (AvgIpc) is 2.91. The summed E-state index contributed by atoms with van der Waals surface area (Å²) in [6.45, 7) is 1.07. The van der Waals surface area contributed by atoms with Gasteiger partial charge in [-0.25, -0.2) is 8.42 Å². The lowest BCUT2D eigenvalue weighted by Crippen LogP contribution is -2.39. The van der Waals surface area contributed by atoms with Crippen molar-refractivity contribution in [3.63, 3.8) is 0 Å². The van der Waals surface area contributed by atoms with Crippen molar-refractivity contribution in [1.82, 2.24) is 5.32 Å². The molecule has 3 aromatic carbocycles. The molecule has 30 heavy (non-hydrogen) atoms. The number of amides is 1. The summed E-state index contributed by atoms with van der Waals surface area (Å²) in [5.74, 6) is -0.617. The minimum Gasteiger partial charge on any atom is -0.348 e. The van der Waals surface area contributed by atoms with E-state index in [1.165, 1.54) is 18.2 Å². The molecule has 156 valence electrons. The smallest absolute Gasteiger partial charge is 0.348 e. The summed E-state index contributed by atoms with van der Waals surface area (Å²) in [5, 5.41) is 3.88. The Morgan fingerprint density at radius 2 is 1.73 bits per heavy atom. The first-order valence-electron chi connectivity index (χ1n) is 9.10. The standard InChI is InChI=1S/C21H17F3N2O3S/c1-13(15-7-2-8-16(11-15)21(22,23)24)25-19(27)12-26-17-9-3-5-14-6-4-10-18(20(14)17)30(26,28)29/h2-11,13H,12H2,1H3,(H,25,27)/t13-/m1/s1. The molecule has 0 bridgehead atoms. The monoisotopic (exact) mass is 434 g/mol. The fraction of sp³-hybridized carbons (Fsp3) is 0.190. The summed E-state index contributed by atoms with van der Waals surface area (Å²) in [6, 6.07) is 14.0. The molecule has 4 rings (SSSR count). The van der Waals surface area contributed by atoms with Gasteiger partial charge in [-0.1, -0.05) is 36.4 Å². The molecule has 1 atom stereocenters. The van der Waals surface area contributed by atoms with Gasteiger partial charge < -0.3 is 5.32 Å². The maximum absolute atomic E-state index is 12.9. The molecule has 1 heterocycles. The highest BCUT2D eigenvalue weighted by Gasteiger charge is 2.37. The van der Waals surface area contributed by atoms with Crippen molar-refractivity contribution in [2.75, 3.05) is 10.8 Å². The lowest BCUT2D eigenvalue weighted by molar-refractivity contribution is -0.137. The molecule has 1 N–H and O–H groups in total. The minimum absolute atomic E-state index is 0.134. The van der Waals surface area contributed by atoms with Crippen LogP contribution < -0.4 is 9.62 Å². The Labute approximate surface area is 171 Å². The molecule has 0 unspecified atom stereocenters. The SMILES string of the molecule is C[C@@H](NC(=O)CN1c2cccc3cccc(c23)S1(=O)=O)c1cccc(C(F)(F)F)c1. The topological polar surface area (TPSA) is 66.5 Å². The van der Waals surface area contributed by atoms with E-state index in [0.29, 0.717) is 11.1 Å². The van der Waals surface area contributed by atoms with Crippen LogP contribution in [0.15, 0.2) is 65.6 Å². The highest BCUT2D eigenvalue weighted by atomic mass is 32.2. The molecule has 0 fully saturated rings. The number of carbonyl (C=O) groups excluding carboxylic acids is 1. The van der Waals surface area contributed by atoms with Crippen LogP contribution in [0.1, 0.15) is 24.1 Å². The van der Waals surface area contributed by atoms with Gasteiger partial charge in [-0.3, -0.25) is 9.10 Å². The number of sulfonamides is 1. The van der Waals surface area contributed by atoms with Crippen LogP contribution in [0.25, 0.3) is 10.8 Å². The first-order valence-corrected chi connectivity index (χ1v) is 10.5. The summed E-state index contributed by atoms with van der Waals surface area (Å²) in [7, 11) is -3.90. The molecule has 1 amide bonds. The van der Waals surface area contributed by atoms with Gasteiger partial charge in [0.15, 0.2) is 0 Å². The molecule has 5 nitrogen and oxygen atoms in total. The Kier molecular flexibility index (Phi) is 4.73. The quantitative estimate of drug-likeness (QED) is 0.668. The van der Waals surface area contributed by atoms with Crippen LogP contribution in [-0.2, 0) is 21.0 Å². The van der Waals surface area contributed by atoms with E-state index >= 15 is 0 Å². The van der Waals surface area contributed by atoms with E-state index < -0.39 is 40.3 Å². The molecule has 0 spiro atoms. The Bertz CT molecular complexity index is 1250. The van der Waals surface area contributed by atoms with Crippen LogP contribution >= 0.6 is 0 Å². The fourth-order valence-corrected chi connectivity index (χ4v) is 5.28. The number of carbonyl (C=O) groups is 1. The Hall–Kier alpha value is -3.07. The Balaban J connectivity index is 1.56.